The Morgan fingerprint density at radius 2 is 1.97 bits per heavy atom. The van der Waals surface area contributed by atoms with Gasteiger partial charge in [-0.15, -0.1) is 24.0 Å². The molecule has 1 fully saturated rings. The molecule has 1 saturated heterocycles. The van der Waals surface area contributed by atoms with Crippen LogP contribution in [0.3, 0.4) is 0 Å². The third-order valence-corrected chi connectivity index (χ3v) is 4.91. The maximum absolute atomic E-state index is 12.7. The van der Waals surface area contributed by atoms with Gasteiger partial charge in [0.15, 0.2) is 5.96 Å². The number of hydrogen-bond donors (Lipinski definition) is 2. The summed E-state index contributed by atoms with van der Waals surface area (Å²) >= 11 is 0. The van der Waals surface area contributed by atoms with Gasteiger partial charge in [-0.1, -0.05) is 17.7 Å². The molecule has 10 heteroatoms. The second kappa shape index (κ2) is 14.3. The fraction of sp³-hybridized carbons (Fsp3) is 0.500. The van der Waals surface area contributed by atoms with E-state index < -0.39 is 6.61 Å². The Morgan fingerprint density at radius 1 is 1.19 bits per heavy atom. The van der Waals surface area contributed by atoms with Crippen LogP contribution < -0.4 is 15.4 Å². The van der Waals surface area contributed by atoms with Crippen molar-refractivity contribution in [1.82, 2.24) is 15.5 Å². The van der Waals surface area contributed by atoms with Crippen molar-refractivity contribution in [3.8, 4) is 5.75 Å². The molecule has 0 amide bonds. The summed E-state index contributed by atoms with van der Waals surface area (Å²) < 4.78 is 40.9. The summed E-state index contributed by atoms with van der Waals surface area (Å²) in [5.41, 5.74) is 1.57. The average molecular weight is 564 g/mol. The van der Waals surface area contributed by atoms with Gasteiger partial charge >= 0.3 is 6.61 Å². The zero-order valence-electron chi connectivity index (χ0n) is 18.2. The molecule has 0 aliphatic carbocycles. The van der Waals surface area contributed by atoms with E-state index in [1.165, 1.54) is 0 Å². The first-order valence-electron chi connectivity index (χ1n) is 10.5. The first-order chi connectivity index (χ1) is 15.1. The van der Waals surface area contributed by atoms with Crippen LogP contribution in [0.2, 0.25) is 0 Å². The molecule has 1 aliphatic rings. The van der Waals surface area contributed by atoms with E-state index in [-0.39, 0.29) is 36.3 Å². The minimum atomic E-state index is -2.87. The highest BCUT2D eigenvalue weighted by atomic mass is 127. The summed E-state index contributed by atoms with van der Waals surface area (Å²) in [6, 6.07) is 8.89. The van der Waals surface area contributed by atoms with Crippen LogP contribution in [0.4, 0.5) is 8.78 Å². The Labute approximate surface area is 204 Å². The van der Waals surface area contributed by atoms with Crippen LogP contribution in [-0.4, -0.2) is 63.4 Å². The van der Waals surface area contributed by atoms with Crippen LogP contribution in [0.25, 0.3) is 0 Å². The lowest BCUT2D eigenvalue weighted by Crippen LogP contribution is -2.44. The van der Waals surface area contributed by atoms with Gasteiger partial charge in [-0.3, -0.25) is 4.90 Å². The van der Waals surface area contributed by atoms with Gasteiger partial charge in [-0.25, -0.2) is 4.99 Å². The molecule has 0 radical (unpaired) electrons. The van der Waals surface area contributed by atoms with Crippen molar-refractivity contribution >= 4 is 29.9 Å². The van der Waals surface area contributed by atoms with Crippen LogP contribution in [0, 0.1) is 6.92 Å². The molecule has 32 heavy (non-hydrogen) atoms. The molecule has 7 nitrogen and oxygen atoms in total. The van der Waals surface area contributed by atoms with Gasteiger partial charge in [0.25, 0.3) is 0 Å². The first kappa shape index (κ1) is 26.3. The van der Waals surface area contributed by atoms with Crippen molar-refractivity contribution in [1.29, 1.82) is 0 Å². The number of guanidine groups is 1. The molecule has 1 aromatic heterocycles. The molecule has 0 spiro atoms. The topological polar surface area (TPSA) is 71.3 Å². The second-order valence-electron chi connectivity index (χ2n) is 7.29. The molecule has 0 atom stereocenters. The lowest BCUT2D eigenvalue weighted by molar-refractivity contribution is -0.0504. The van der Waals surface area contributed by atoms with Crippen molar-refractivity contribution in [2.45, 2.75) is 26.5 Å². The minimum Gasteiger partial charge on any atom is -0.469 e. The highest BCUT2D eigenvalue weighted by Gasteiger charge is 2.12. The molecule has 1 aliphatic heterocycles. The molecular weight excluding hydrogens is 533 g/mol. The molecule has 1 aromatic carbocycles. The Bertz CT molecular complexity index is 816. The third kappa shape index (κ3) is 9.29. The number of ether oxygens (including phenoxy) is 2. The van der Waals surface area contributed by atoms with Gasteiger partial charge in [-0.05, 0) is 25.1 Å². The van der Waals surface area contributed by atoms with Gasteiger partial charge < -0.3 is 24.5 Å². The highest BCUT2D eigenvalue weighted by Crippen LogP contribution is 2.22. The Hall–Kier alpha value is -1.92. The molecule has 2 heterocycles. The lowest BCUT2D eigenvalue weighted by Gasteiger charge is -2.26. The quantitative estimate of drug-likeness (QED) is 0.262. The van der Waals surface area contributed by atoms with Crippen LogP contribution in [0.15, 0.2) is 46.0 Å². The van der Waals surface area contributed by atoms with Crippen LogP contribution in [-0.2, 0) is 17.7 Å². The lowest BCUT2D eigenvalue weighted by atomic mass is 10.1. The van der Waals surface area contributed by atoms with Crippen molar-refractivity contribution < 1.29 is 22.7 Å². The molecule has 2 N–H and O–H groups in total. The smallest absolute Gasteiger partial charge is 0.387 e. The summed E-state index contributed by atoms with van der Waals surface area (Å²) in [7, 11) is 0. The zero-order chi connectivity index (χ0) is 21.9. The van der Waals surface area contributed by atoms with E-state index in [4.69, 9.17) is 9.15 Å². The molecule has 0 bridgehead atoms. The number of hydrogen-bond acceptors (Lipinski definition) is 5. The number of alkyl halides is 2. The normalized spacial score (nSPS) is 14.8. The summed E-state index contributed by atoms with van der Waals surface area (Å²) in [4.78, 5) is 6.93. The predicted molar refractivity (Wildman–Crippen MR) is 130 cm³/mol. The largest absolute Gasteiger partial charge is 0.469 e. The van der Waals surface area contributed by atoms with E-state index in [2.05, 4.69) is 25.3 Å². The summed E-state index contributed by atoms with van der Waals surface area (Å²) in [6.45, 7) is 4.79. The monoisotopic (exact) mass is 564 g/mol. The average Bonchev–Trinajstić information content (AvgIpc) is 3.27. The van der Waals surface area contributed by atoms with Gasteiger partial charge in [0, 0.05) is 44.7 Å². The van der Waals surface area contributed by atoms with E-state index in [0.717, 1.165) is 44.2 Å². The second-order valence-corrected chi connectivity index (χ2v) is 7.29. The Balaban J connectivity index is 0.00000363. The van der Waals surface area contributed by atoms with E-state index >= 15 is 0 Å². The standard InChI is InChI=1S/C22H30F2N4O3.HI/c1-17-4-5-20(31-21(23)24)18(15-17)16-27-22(25-7-6-19-3-2-12-30-19)26-8-9-28-10-13-29-14-11-28;/h2-5,12,15,21H,6-11,13-14,16H2,1H3,(H2,25,26,27);1H. The third-order valence-electron chi connectivity index (χ3n) is 4.91. The van der Waals surface area contributed by atoms with Gasteiger partial charge in [0.2, 0.25) is 0 Å². The number of rotatable bonds is 10. The number of nitrogens with zero attached hydrogens (tertiary/aromatic N) is 2. The molecule has 3 rings (SSSR count). The van der Waals surface area contributed by atoms with Crippen LogP contribution in [0.5, 0.6) is 5.75 Å². The summed E-state index contributed by atoms with van der Waals surface area (Å²) in [5, 5.41) is 6.62. The number of nitrogens with one attached hydrogen (secondary N) is 2. The van der Waals surface area contributed by atoms with Gasteiger partial charge in [-0.2, -0.15) is 8.78 Å². The maximum Gasteiger partial charge on any atom is 0.387 e. The Kier molecular flexibility index (Phi) is 11.7. The molecule has 0 saturated carbocycles. The molecule has 178 valence electrons. The molecule has 0 unspecified atom stereocenters. The van der Waals surface area contributed by atoms with Crippen LogP contribution >= 0.6 is 24.0 Å². The highest BCUT2D eigenvalue weighted by molar-refractivity contribution is 14.0. The number of halogens is 3. The fourth-order valence-corrected chi connectivity index (χ4v) is 3.30. The van der Waals surface area contributed by atoms with Crippen molar-refractivity contribution in [2.75, 3.05) is 45.9 Å². The van der Waals surface area contributed by atoms with Crippen molar-refractivity contribution in [3.05, 3.63) is 53.5 Å². The Morgan fingerprint density at radius 3 is 2.69 bits per heavy atom. The van der Waals surface area contributed by atoms with E-state index in [1.807, 2.05) is 25.1 Å². The van der Waals surface area contributed by atoms with E-state index in [9.17, 15) is 8.78 Å². The summed E-state index contributed by atoms with van der Waals surface area (Å²) in [5.74, 6) is 1.64. The van der Waals surface area contributed by atoms with Crippen molar-refractivity contribution in [3.63, 3.8) is 0 Å². The number of aliphatic imine (C=N–C) groups is 1. The zero-order valence-corrected chi connectivity index (χ0v) is 20.5. The van der Waals surface area contributed by atoms with Crippen LogP contribution in [0.1, 0.15) is 16.9 Å². The predicted octanol–water partition coefficient (Wildman–Crippen LogP) is 3.42. The van der Waals surface area contributed by atoms with Crippen molar-refractivity contribution in [2.24, 2.45) is 4.99 Å². The fourth-order valence-electron chi connectivity index (χ4n) is 3.30. The first-order valence-corrected chi connectivity index (χ1v) is 10.5. The molecular formula is C22H31F2IN4O3. The SMILES string of the molecule is Cc1ccc(OC(F)F)c(CN=C(NCCc2ccco2)NCCN2CCOCC2)c1.I. The van der Waals surface area contributed by atoms with E-state index in [1.54, 1.807) is 18.4 Å². The summed E-state index contributed by atoms with van der Waals surface area (Å²) in [6.07, 6.45) is 2.36. The van der Waals surface area contributed by atoms with E-state index in [0.29, 0.717) is 31.0 Å². The maximum atomic E-state index is 12.7. The number of furan rings is 1. The molecule has 2 aromatic rings. The number of morpholine rings is 1. The van der Waals surface area contributed by atoms with Gasteiger partial charge in [0.1, 0.15) is 11.5 Å². The number of benzene rings is 1. The van der Waals surface area contributed by atoms with Gasteiger partial charge in [0.05, 0.1) is 26.0 Å². The number of aryl methyl sites for hydroxylation is 1. The minimum absolute atomic E-state index is 0.